The van der Waals surface area contributed by atoms with Gasteiger partial charge in [-0.15, -0.1) is 0 Å². The van der Waals surface area contributed by atoms with Crippen LogP contribution < -0.4 is 10.2 Å². The van der Waals surface area contributed by atoms with Gasteiger partial charge in [0.05, 0.1) is 17.1 Å². The molecule has 0 fully saturated rings. The number of rotatable bonds is 7. The Kier molecular flexibility index (Phi) is 5.75. The zero-order valence-corrected chi connectivity index (χ0v) is 13.7. The molecule has 1 aromatic carbocycles. The number of anilines is 3. The van der Waals surface area contributed by atoms with Crippen LogP contribution in [-0.4, -0.2) is 33.8 Å². The van der Waals surface area contributed by atoms with Crippen LogP contribution in [0.3, 0.4) is 0 Å². The van der Waals surface area contributed by atoms with E-state index in [-0.39, 0.29) is 30.5 Å². The summed E-state index contributed by atoms with van der Waals surface area (Å²) in [5.41, 5.74) is 0.533. The highest BCUT2D eigenvalue weighted by Crippen LogP contribution is 2.33. The van der Waals surface area contributed by atoms with Crippen molar-refractivity contribution < 1.29 is 9.72 Å². The molecule has 0 aliphatic rings. The van der Waals surface area contributed by atoms with Gasteiger partial charge >= 0.3 is 5.69 Å². The van der Waals surface area contributed by atoms with Crippen molar-refractivity contribution in [3.05, 3.63) is 46.3 Å². The summed E-state index contributed by atoms with van der Waals surface area (Å²) in [4.78, 5) is 31.1. The van der Waals surface area contributed by atoms with Crippen molar-refractivity contribution >= 4 is 28.8 Å². The minimum atomic E-state index is -0.677. The van der Waals surface area contributed by atoms with Crippen LogP contribution in [-0.2, 0) is 0 Å². The van der Waals surface area contributed by atoms with Crippen LogP contribution in [0.4, 0.5) is 23.0 Å². The van der Waals surface area contributed by atoms with Gasteiger partial charge in [-0.25, -0.2) is 9.97 Å². The number of hydrogen-bond acceptors (Lipinski definition) is 9. The van der Waals surface area contributed by atoms with Gasteiger partial charge in [0.2, 0.25) is 11.6 Å². The second-order valence-corrected chi connectivity index (χ2v) is 5.08. The Bertz CT molecular complexity index is 897. The molecule has 0 aliphatic heterocycles. The predicted molar refractivity (Wildman–Crippen MR) is 91.9 cm³/mol. The first kappa shape index (κ1) is 18.3. The molecule has 0 saturated carbocycles. The van der Waals surface area contributed by atoms with Crippen LogP contribution >= 0.6 is 0 Å². The summed E-state index contributed by atoms with van der Waals surface area (Å²) >= 11 is 0. The number of nitrogens with zero attached hydrogens (tertiary/aromatic N) is 6. The SMILES string of the molecule is CC(=O)c1ccc(Nc2ncnc(N(CC#N)CC#N)c2[N+](=O)[O-])cc1. The van der Waals surface area contributed by atoms with E-state index in [0.717, 1.165) is 6.33 Å². The highest BCUT2D eigenvalue weighted by molar-refractivity contribution is 5.94. The van der Waals surface area contributed by atoms with Crippen molar-refractivity contribution in [1.29, 1.82) is 10.5 Å². The topological polar surface area (TPSA) is 149 Å². The second-order valence-electron chi connectivity index (χ2n) is 5.08. The first-order chi connectivity index (χ1) is 12.5. The van der Waals surface area contributed by atoms with Gasteiger partial charge in [0.25, 0.3) is 0 Å². The lowest BCUT2D eigenvalue weighted by atomic mass is 10.1. The second kappa shape index (κ2) is 8.17. The molecule has 0 aliphatic carbocycles. The van der Waals surface area contributed by atoms with E-state index in [9.17, 15) is 14.9 Å². The van der Waals surface area contributed by atoms with Crippen LogP contribution in [0.5, 0.6) is 0 Å². The van der Waals surface area contributed by atoms with Gasteiger partial charge in [-0.1, -0.05) is 0 Å². The number of Topliss-reactive ketones (excluding diaryl/α,β-unsaturated/α-hetero) is 1. The van der Waals surface area contributed by atoms with E-state index in [0.29, 0.717) is 11.3 Å². The van der Waals surface area contributed by atoms with Crippen molar-refractivity contribution in [3.8, 4) is 12.1 Å². The van der Waals surface area contributed by atoms with Gasteiger partial charge in [-0.3, -0.25) is 14.9 Å². The number of carbonyl (C=O) groups excluding carboxylic acids is 1. The first-order valence-electron chi connectivity index (χ1n) is 7.34. The Labute approximate surface area is 148 Å². The molecule has 10 nitrogen and oxygen atoms in total. The van der Waals surface area contributed by atoms with Crippen molar-refractivity contribution in [2.45, 2.75) is 6.92 Å². The maximum atomic E-state index is 11.5. The molecule has 10 heteroatoms. The van der Waals surface area contributed by atoms with Crippen LogP contribution in [0.2, 0.25) is 0 Å². The molecule has 1 aromatic heterocycles. The first-order valence-corrected chi connectivity index (χ1v) is 7.34. The lowest BCUT2D eigenvalue weighted by Gasteiger charge is -2.17. The van der Waals surface area contributed by atoms with E-state index in [1.54, 1.807) is 24.3 Å². The third-order valence-corrected chi connectivity index (χ3v) is 3.36. The fraction of sp³-hybridized carbons (Fsp3) is 0.188. The normalized spacial score (nSPS) is 9.65. The third kappa shape index (κ3) is 4.07. The molecule has 0 bridgehead atoms. The van der Waals surface area contributed by atoms with E-state index in [2.05, 4.69) is 15.3 Å². The maximum absolute atomic E-state index is 11.5. The smallest absolute Gasteiger partial charge is 0.334 e. The molecule has 0 saturated heterocycles. The minimum absolute atomic E-state index is 0.0866. The van der Waals surface area contributed by atoms with Gasteiger partial charge in [0, 0.05) is 11.3 Å². The van der Waals surface area contributed by atoms with E-state index in [1.807, 2.05) is 12.1 Å². The molecule has 0 radical (unpaired) electrons. The number of benzene rings is 1. The van der Waals surface area contributed by atoms with Crippen molar-refractivity contribution in [1.82, 2.24) is 9.97 Å². The Morgan fingerprint density at radius 3 is 2.35 bits per heavy atom. The largest absolute Gasteiger partial charge is 0.353 e. The maximum Gasteiger partial charge on any atom is 0.353 e. The summed E-state index contributed by atoms with van der Waals surface area (Å²) < 4.78 is 0. The number of nitriles is 2. The molecular weight excluding hydrogens is 338 g/mol. The molecule has 1 heterocycles. The van der Waals surface area contributed by atoms with E-state index in [4.69, 9.17) is 10.5 Å². The summed E-state index contributed by atoms with van der Waals surface area (Å²) in [5, 5.41) is 32.1. The molecule has 2 aromatic rings. The van der Waals surface area contributed by atoms with Crippen molar-refractivity contribution in [3.63, 3.8) is 0 Å². The lowest BCUT2D eigenvalue weighted by molar-refractivity contribution is -0.383. The lowest BCUT2D eigenvalue weighted by Crippen LogP contribution is -2.26. The molecule has 0 atom stereocenters. The van der Waals surface area contributed by atoms with Crippen LogP contribution in [0.15, 0.2) is 30.6 Å². The Balaban J connectivity index is 2.44. The predicted octanol–water partition coefficient (Wildman–Crippen LogP) is 2.18. The van der Waals surface area contributed by atoms with Gasteiger partial charge in [-0.2, -0.15) is 10.5 Å². The summed E-state index contributed by atoms with van der Waals surface area (Å²) in [7, 11) is 0. The summed E-state index contributed by atoms with van der Waals surface area (Å²) in [6.45, 7) is 0.958. The average Bonchev–Trinajstić information content (AvgIpc) is 2.61. The van der Waals surface area contributed by atoms with Gasteiger partial charge in [0.15, 0.2) is 5.78 Å². The molecule has 130 valence electrons. The monoisotopic (exact) mass is 351 g/mol. The standard InChI is InChI=1S/C16H13N7O3/c1-11(24)12-2-4-13(5-3-12)21-15-14(23(25)26)16(20-10-19-15)22(8-6-17)9-7-18/h2-5,10H,8-9H2,1H3,(H,19,20,21). The highest BCUT2D eigenvalue weighted by Gasteiger charge is 2.27. The number of ketones is 1. The molecule has 1 N–H and O–H groups in total. The Morgan fingerprint density at radius 2 is 1.85 bits per heavy atom. The molecule has 0 spiro atoms. The van der Waals surface area contributed by atoms with Gasteiger partial charge in [0.1, 0.15) is 19.4 Å². The molecular formula is C16H13N7O3. The fourth-order valence-electron chi connectivity index (χ4n) is 2.16. The molecule has 2 rings (SSSR count). The third-order valence-electron chi connectivity index (χ3n) is 3.36. The van der Waals surface area contributed by atoms with Crippen molar-refractivity contribution in [2.24, 2.45) is 0 Å². The number of nitro groups is 1. The summed E-state index contributed by atoms with van der Waals surface area (Å²) in [6, 6.07) is 10.0. The van der Waals surface area contributed by atoms with Crippen molar-refractivity contribution in [2.75, 3.05) is 23.3 Å². The van der Waals surface area contributed by atoms with Gasteiger partial charge in [-0.05, 0) is 31.2 Å². The van der Waals surface area contributed by atoms with E-state index >= 15 is 0 Å². The van der Waals surface area contributed by atoms with Crippen LogP contribution in [0, 0.1) is 32.8 Å². The van der Waals surface area contributed by atoms with E-state index < -0.39 is 10.6 Å². The highest BCUT2D eigenvalue weighted by atomic mass is 16.6. The molecule has 0 unspecified atom stereocenters. The van der Waals surface area contributed by atoms with Crippen LogP contribution in [0.25, 0.3) is 0 Å². The minimum Gasteiger partial charge on any atom is -0.334 e. The van der Waals surface area contributed by atoms with E-state index in [1.165, 1.54) is 11.8 Å². The number of hydrogen-bond donors (Lipinski definition) is 1. The number of aromatic nitrogens is 2. The summed E-state index contributed by atoms with van der Waals surface area (Å²) in [6.07, 6.45) is 1.11. The number of carbonyl (C=O) groups is 1. The zero-order valence-electron chi connectivity index (χ0n) is 13.7. The molecule has 0 amide bonds. The zero-order chi connectivity index (χ0) is 19.1. The Morgan fingerprint density at radius 1 is 1.23 bits per heavy atom. The quantitative estimate of drug-likeness (QED) is 0.342. The average molecular weight is 351 g/mol. The Hall–Kier alpha value is -4.05. The summed E-state index contributed by atoms with van der Waals surface area (Å²) in [5.74, 6) is -0.317. The van der Waals surface area contributed by atoms with Crippen LogP contribution in [0.1, 0.15) is 17.3 Å². The fourth-order valence-corrected chi connectivity index (χ4v) is 2.16. The molecule has 26 heavy (non-hydrogen) atoms. The van der Waals surface area contributed by atoms with Gasteiger partial charge < -0.3 is 10.2 Å². The number of nitrogens with one attached hydrogen (secondary N) is 1.